The Hall–Kier alpha value is -0.550. The van der Waals surface area contributed by atoms with E-state index in [4.69, 9.17) is 9.47 Å². The molecule has 1 unspecified atom stereocenters. The summed E-state index contributed by atoms with van der Waals surface area (Å²) >= 11 is 1.94. The van der Waals surface area contributed by atoms with Crippen molar-refractivity contribution in [1.82, 2.24) is 5.32 Å². The molecule has 4 heteroatoms. The zero-order valence-corrected chi connectivity index (χ0v) is 12.4. The molecule has 1 aromatic rings. The van der Waals surface area contributed by atoms with Gasteiger partial charge in [0, 0.05) is 37.0 Å². The average Bonchev–Trinajstić information content (AvgIpc) is 2.46. The highest BCUT2D eigenvalue weighted by Crippen LogP contribution is 2.28. The first-order valence-electron chi connectivity index (χ1n) is 6.91. The molecule has 0 saturated carbocycles. The van der Waals surface area contributed by atoms with Crippen molar-refractivity contribution < 1.29 is 9.47 Å². The molecular weight excluding hydrogens is 258 g/mol. The zero-order chi connectivity index (χ0) is 13.3. The number of benzene rings is 1. The Labute approximate surface area is 120 Å². The van der Waals surface area contributed by atoms with Crippen LogP contribution >= 0.6 is 11.8 Å². The largest absolute Gasteiger partial charge is 0.383 e. The predicted octanol–water partition coefficient (Wildman–Crippen LogP) is 2.69. The van der Waals surface area contributed by atoms with E-state index in [1.165, 1.54) is 23.3 Å². The van der Waals surface area contributed by atoms with Crippen molar-refractivity contribution in [1.29, 1.82) is 0 Å². The van der Waals surface area contributed by atoms with Crippen LogP contribution < -0.4 is 5.32 Å². The second-order valence-electron chi connectivity index (χ2n) is 4.77. The maximum Gasteiger partial charge on any atom is 0.0588 e. The first-order chi connectivity index (χ1) is 9.38. The molecule has 2 rings (SSSR count). The molecule has 1 N–H and O–H groups in total. The maximum absolute atomic E-state index is 5.51. The molecule has 0 bridgehead atoms. The van der Waals surface area contributed by atoms with Crippen molar-refractivity contribution in [2.24, 2.45) is 0 Å². The van der Waals surface area contributed by atoms with Crippen LogP contribution in [0.25, 0.3) is 0 Å². The van der Waals surface area contributed by atoms with Crippen molar-refractivity contribution >= 4 is 11.8 Å². The van der Waals surface area contributed by atoms with E-state index in [1.54, 1.807) is 7.11 Å². The SMILES string of the molecule is COCCNCc1ccc(SC2CCCOC2)cc1. The minimum atomic E-state index is 0.624. The number of rotatable bonds is 7. The topological polar surface area (TPSA) is 30.5 Å². The van der Waals surface area contributed by atoms with E-state index in [9.17, 15) is 0 Å². The fourth-order valence-electron chi connectivity index (χ4n) is 2.09. The van der Waals surface area contributed by atoms with Crippen LogP contribution in [0.3, 0.4) is 0 Å². The van der Waals surface area contributed by atoms with Crippen molar-refractivity contribution in [2.45, 2.75) is 29.5 Å². The third-order valence-corrected chi connectivity index (χ3v) is 4.41. The highest BCUT2D eigenvalue weighted by molar-refractivity contribution is 8.00. The highest BCUT2D eigenvalue weighted by Gasteiger charge is 2.14. The quantitative estimate of drug-likeness (QED) is 0.779. The molecule has 3 nitrogen and oxygen atoms in total. The molecule has 0 radical (unpaired) electrons. The molecule has 0 aromatic heterocycles. The Morgan fingerprint density at radius 2 is 2.21 bits per heavy atom. The van der Waals surface area contributed by atoms with Crippen LogP contribution in [0, 0.1) is 0 Å². The van der Waals surface area contributed by atoms with Gasteiger partial charge in [0.05, 0.1) is 13.2 Å². The summed E-state index contributed by atoms with van der Waals surface area (Å²) in [7, 11) is 1.72. The van der Waals surface area contributed by atoms with Crippen molar-refractivity contribution in [3.05, 3.63) is 29.8 Å². The average molecular weight is 281 g/mol. The summed E-state index contributed by atoms with van der Waals surface area (Å²) in [6.45, 7) is 4.39. The van der Waals surface area contributed by atoms with Crippen molar-refractivity contribution in [2.75, 3.05) is 33.5 Å². The summed E-state index contributed by atoms with van der Waals surface area (Å²) in [5.74, 6) is 0. The molecule has 1 aliphatic rings. The zero-order valence-electron chi connectivity index (χ0n) is 11.6. The number of nitrogens with one attached hydrogen (secondary N) is 1. The van der Waals surface area contributed by atoms with E-state index in [-0.39, 0.29) is 0 Å². The molecule has 19 heavy (non-hydrogen) atoms. The Kier molecular flexibility index (Phi) is 6.71. The van der Waals surface area contributed by atoms with Gasteiger partial charge >= 0.3 is 0 Å². The molecule has 1 heterocycles. The van der Waals surface area contributed by atoms with Gasteiger partial charge in [0.2, 0.25) is 0 Å². The standard InChI is InChI=1S/C15H23NO2S/c1-17-10-8-16-11-13-4-6-14(7-5-13)19-15-3-2-9-18-12-15/h4-7,15-16H,2-3,8-12H2,1H3. The first-order valence-corrected chi connectivity index (χ1v) is 7.79. The molecule has 0 spiro atoms. The molecule has 0 amide bonds. The van der Waals surface area contributed by atoms with Gasteiger partial charge in [-0.05, 0) is 30.5 Å². The molecule has 1 fully saturated rings. The smallest absolute Gasteiger partial charge is 0.0588 e. The van der Waals surface area contributed by atoms with Crippen LogP contribution in [-0.4, -0.2) is 38.7 Å². The Balaban J connectivity index is 1.74. The summed E-state index contributed by atoms with van der Waals surface area (Å²) in [5.41, 5.74) is 1.32. The van der Waals surface area contributed by atoms with Gasteiger partial charge in [-0.15, -0.1) is 11.8 Å². The van der Waals surface area contributed by atoms with Gasteiger partial charge in [-0.3, -0.25) is 0 Å². The van der Waals surface area contributed by atoms with Crippen molar-refractivity contribution in [3.8, 4) is 0 Å². The number of hydrogen-bond acceptors (Lipinski definition) is 4. The summed E-state index contributed by atoms with van der Waals surface area (Å²) in [5, 5.41) is 3.98. The van der Waals surface area contributed by atoms with Crippen molar-refractivity contribution in [3.63, 3.8) is 0 Å². The first kappa shape index (κ1) is 14.9. The molecule has 1 aliphatic heterocycles. The molecule has 0 aliphatic carbocycles. The van der Waals surface area contributed by atoms with Gasteiger partial charge in [0.25, 0.3) is 0 Å². The van der Waals surface area contributed by atoms with Crippen LogP contribution in [-0.2, 0) is 16.0 Å². The molecule has 1 atom stereocenters. The lowest BCUT2D eigenvalue weighted by Gasteiger charge is -2.21. The van der Waals surface area contributed by atoms with Gasteiger partial charge < -0.3 is 14.8 Å². The molecular formula is C15H23NO2S. The monoisotopic (exact) mass is 281 g/mol. The second-order valence-corrected chi connectivity index (χ2v) is 6.14. The van der Waals surface area contributed by atoms with Crippen LogP contribution in [0.2, 0.25) is 0 Å². The third kappa shape index (κ3) is 5.53. The van der Waals surface area contributed by atoms with Crippen LogP contribution in [0.15, 0.2) is 29.2 Å². The lowest BCUT2D eigenvalue weighted by atomic mass is 10.2. The van der Waals surface area contributed by atoms with Gasteiger partial charge in [0.15, 0.2) is 0 Å². The summed E-state index contributed by atoms with van der Waals surface area (Å²) in [6.07, 6.45) is 2.46. The summed E-state index contributed by atoms with van der Waals surface area (Å²) in [4.78, 5) is 1.34. The third-order valence-electron chi connectivity index (χ3n) is 3.16. The fraction of sp³-hybridized carbons (Fsp3) is 0.600. The number of methoxy groups -OCH3 is 1. The second kappa shape index (κ2) is 8.59. The van der Waals surface area contributed by atoms with Gasteiger partial charge in [0.1, 0.15) is 0 Å². The Morgan fingerprint density at radius 3 is 2.89 bits per heavy atom. The minimum Gasteiger partial charge on any atom is -0.383 e. The van der Waals surface area contributed by atoms with Gasteiger partial charge in [-0.2, -0.15) is 0 Å². The van der Waals surface area contributed by atoms with Crippen LogP contribution in [0.4, 0.5) is 0 Å². The van der Waals surface area contributed by atoms with E-state index in [1.807, 2.05) is 11.8 Å². The number of ether oxygens (including phenoxy) is 2. The predicted molar refractivity (Wildman–Crippen MR) is 79.7 cm³/mol. The van der Waals surface area contributed by atoms with Gasteiger partial charge in [-0.1, -0.05) is 12.1 Å². The Morgan fingerprint density at radius 1 is 1.37 bits per heavy atom. The maximum atomic E-state index is 5.51. The van der Waals surface area contributed by atoms with E-state index in [2.05, 4.69) is 29.6 Å². The van der Waals surface area contributed by atoms with E-state index >= 15 is 0 Å². The summed E-state index contributed by atoms with van der Waals surface area (Å²) in [6, 6.07) is 8.83. The Bertz CT molecular complexity index is 350. The number of thioether (sulfide) groups is 1. The molecule has 1 aromatic carbocycles. The van der Waals surface area contributed by atoms with E-state index in [0.717, 1.165) is 32.9 Å². The fourth-order valence-corrected chi connectivity index (χ4v) is 3.22. The normalized spacial score (nSPS) is 19.5. The lowest BCUT2D eigenvalue weighted by molar-refractivity contribution is 0.101. The van der Waals surface area contributed by atoms with Gasteiger partial charge in [-0.25, -0.2) is 0 Å². The van der Waals surface area contributed by atoms with Crippen LogP contribution in [0.1, 0.15) is 18.4 Å². The minimum absolute atomic E-state index is 0.624. The van der Waals surface area contributed by atoms with E-state index in [0.29, 0.717) is 5.25 Å². The molecule has 106 valence electrons. The molecule has 1 saturated heterocycles. The number of hydrogen-bond donors (Lipinski definition) is 1. The highest BCUT2D eigenvalue weighted by atomic mass is 32.2. The summed E-state index contributed by atoms with van der Waals surface area (Å²) < 4.78 is 10.5. The van der Waals surface area contributed by atoms with E-state index < -0.39 is 0 Å². The lowest BCUT2D eigenvalue weighted by Crippen LogP contribution is -2.19. The van der Waals surface area contributed by atoms with Crippen LogP contribution in [0.5, 0.6) is 0 Å².